The number of para-hydroxylation sites is 1. The molecule has 6 heteroatoms. The minimum absolute atomic E-state index is 0.0329. The number of hydrogen-bond donors (Lipinski definition) is 0. The Morgan fingerprint density at radius 2 is 1.67 bits per heavy atom. The van der Waals surface area contributed by atoms with Crippen LogP contribution >= 0.6 is 11.8 Å². The van der Waals surface area contributed by atoms with Crippen molar-refractivity contribution in [1.29, 1.82) is 0 Å². The van der Waals surface area contributed by atoms with Gasteiger partial charge in [-0.3, -0.25) is 9.36 Å². The van der Waals surface area contributed by atoms with E-state index in [0.29, 0.717) is 35.0 Å². The molecule has 0 aliphatic rings. The minimum Gasteiger partial charge on any atom is -0.494 e. The lowest BCUT2D eigenvalue weighted by atomic mass is 10.2. The van der Waals surface area contributed by atoms with Gasteiger partial charge in [-0.2, -0.15) is 0 Å². The monoisotopic (exact) mass is 420 g/mol. The first-order valence-electron chi connectivity index (χ1n) is 9.75. The molecule has 4 nitrogen and oxygen atoms in total. The third kappa shape index (κ3) is 4.89. The highest BCUT2D eigenvalue weighted by Crippen LogP contribution is 2.20. The second-order valence-electron chi connectivity index (χ2n) is 6.79. The summed E-state index contributed by atoms with van der Waals surface area (Å²) in [5.41, 5.74) is 1.73. The molecule has 4 rings (SSSR count). The average molecular weight is 421 g/mol. The summed E-state index contributed by atoms with van der Waals surface area (Å²) in [5, 5.41) is 1.32. The molecule has 0 atom stereocenters. The summed E-state index contributed by atoms with van der Waals surface area (Å²) in [5.74, 6) is 1.11. The molecule has 0 aliphatic heterocycles. The van der Waals surface area contributed by atoms with Crippen molar-refractivity contribution >= 4 is 22.7 Å². The highest BCUT2D eigenvalue weighted by atomic mass is 32.2. The molecule has 0 N–H and O–H groups in total. The number of nitrogens with zero attached hydrogens (tertiary/aromatic N) is 2. The van der Waals surface area contributed by atoms with Gasteiger partial charge in [-0.25, -0.2) is 9.37 Å². The zero-order chi connectivity index (χ0) is 20.8. The molecule has 1 aromatic heterocycles. The van der Waals surface area contributed by atoms with Crippen molar-refractivity contribution in [3.05, 3.63) is 101 Å². The Morgan fingerprint density at radius 3 is 2.47 bits per heavy atom. The first-order valence-corrected chi connectivity index (χ1v) is 10.7. The fourth-order valence-corrected chi connectivity index (χ4v) is 4.02. The molecule has 0 saturated heterocycles. The van der Waals surface area contributed by atoms with Crippen LogP contribution < -0.4 is 10.3 Å². The maximum Gasteiger partial charge on any atom is 0.262 e. The van der Waals surface area contributed by atoms with E-state index < -0.39 is 0 Å². The Hall–Kier alpha value is -3.12. The van der Waals surface area contributed by atoms with Crippen LogP contribution in [0.4, 0.5) is 4.39 Å². The molecule has 3 aromatic carbocycles. The van der Waals surface area contributed by atoms with Gasteiger partial charge in [0.15, 0.2) is 5.16 Å². The first kappa shape index (κ1) is 20.2. The SMILES string of the molecule is O=c1c2ccccc2nc(SCCCOc2ccc(F)cc2)n1Cc1ccccc1. The summed E-state index contributed by atoms with van der Waals surface area (Å²) in [6, 6.07) is 23.3. The standard InChI is InChI=1S/C24H21FN2O2S/c25-19-11-13-20(14-12-19)29-15-6-16-30-24-26-22-10-5-4-9-21(22)23(28)27(24)17-18-7-2-1-3-8-18/h1-5,7-14H,6,15-17H2. The van der Waals surface area contributed by atoms with Gasteiger partial charge in [0.1, 0.15) is 11.6 Å². The second-order valence-corrected chi connectivity index (χ2v) is 7.85. The zero-order valence-electron chi connectivity index (χ0n) is 16.3. The maximum absolute atomic E-state index is 13.1. The van der Waals surface area contributed by atoms with Crippen molar-refractivity contribution in [2.24, 2.45) is 0 Å². The van der Waals surface area contributed by atoms with E-state index >= 15 is 0 Å². The lowest BCUT2D eigenvalue weighted by molar-refractivity contribution is 0.318. The smallest absolute Gasteiger partial charge is 0.262 e. The topological polar surface area (TPSA) is 44.1 Å². The van der Waals surface area contributed by atoms with Crippen molar-refractivity contribution in [2.45, 2.75) is 18.1 Å². The Kier molecular flexibility index (Phi) is 6.44. The second kappa shape index (κ2) is 9.59. The molecule has 0 radical (unpaired) electrons. The number of rotatable bonds is 8. The Morgan fingerprint density at radius 1 is 0.933 bits per heavy atom. The molecule has 0 fully saturated rings. The molecule has 152 valence electrons. The Labute approximate surface area is 178 Å². The predicted molar refractivity (Wildman–Crippen MR) is 119 cm³/mol. The van der Waals surface area contributed by atoms with Gasteiger partial charge < -0.3 is 4.74 Å². The van der Waals surface area contributed by atoms with Crippen LogP contribution in [0.2, 0.25) is 0 Å². The molecule has 0 saturated carbocycles. The van der Waals surface area contributed by atoms with E-state index in [1.807, 2.05) is 54.6 Å². The minimum atomic E-state index is -0.281. The number of ether oxygens (including phenoxy) is 1. The van der Waals surface area contributed by atoms with Crippen LogP contribution in [0.15, 0.2) is 88.8 Å². The molecule has 0 bridgehead atoms. The predicted octanol–water partition coefficient (Wildman–Crippen LogP) is 5.15. The Balaban J connectivity index is 1.48. The van der Waals surface area contributed by atoms with Crippen LogP contribution in [0.1, 0.15) is 12.0 Å². The van der Waals surface area contributed by atoms with Gasteiger partial charge in [0.2, 0.25) is 0 Å². The van der Waals surface area contributed by atoms with Gasteiger partial charge in [0.25, 0.3) is 5.56 Å². The molecule has 30 heavy (non-hydrogen) atoms. The van der Waals surface area contributed by atoms with Crippen molar-refractivity contribution in [2.75, 3.05) is 12.4 Å². The molecular weight excluding hydrogens is 399 g/mol. The number of fused-ring (bicyclic) bond motifs is 1. The van der Waals surface area contributed by atoms with Gasteiger partial charge in [-0.15, -0.1) is 0 Å². The van der Waals surface area contributed by atoms with Crippen molar-refractivity contribution in [3.8, 4) is 5.75 Å². The maximum atomic E-state index is 13.1. The van der Waals surface area contributed by atoms with Gasteiger partial charge in [-0.05, 0) is 48.4 Å². The van der Waals surface area contributed by atoms with E-state index in [9.17, 15) is 9.18 Å². The van der Waals surface area contributed by atoms with Gasteiger partial charge in [0.05, 0.1) is 24.1 Å². The number of benzene rings is 3. The zero-order valence-corrected chi connectivity index (χ0v) is 17.1. The summed E-state index contributed by atoms with van der Waals surface area (Å²) < 4.78 is 20.4. The average Bonchev–Trinajstić information content (AvgIpc) is 2.78. The van der Waals surface area contributed by atoms with Crippen LogP contribution in [0, 0.1) is 5.82 Å². The molecule has 0 spiro atoms. The summed E-state index contributed by atoms with van der Waals surface area (Å²) in [6.07, 6.45) is 0.774. The summed E-state index contributed by atoms with van der Waals surface area (Å²) in [4.78, 5) is 17.9. The Bertz CT molecular complexity index is 1180. The van der Waals surface area contributed by atoms with Crippen LogP contribution in [0.5, 0.6) is 5.75 Å². The normalized spacial score (nSPS) is 11.0. The summed E-state index contributed by atoms with van der Waals surface area (Å²) in [6.45, 7) is 0.987. The molecular formula is C24H21FN2O2S. The van der Waals surface area contributed by atoms with Crippen molar-refractivity contribution in [1.82, 2.24) is 9.55 Å². The number of aromatic nitrogens is 2. The number of halogens is 1. The summed E-state index contributed by atoms with van der Waals surface area (Å²) >= 11 is 1.54. The third-order valence-electron chi connectivity index (χ3n) is 4.61. The van der Waals surface area contributed by atoms with E-state index in [2.05, 4.69) is 0 Å². The van der Waals surface area contributed by atoms with Crippen LogP contribution in [0.3, 0.4) is 0 Å². The number of thioether (sulfide) groups is 1. The molecule has 0 unspecified atom stereocenters. The molecule has 1 heterocycles. The molecule has 0 amide bonds. The van der Waals surface area contributed by atoms with Crippen LogP contribution in [-0.2, 0) is 6.54 Å². The van der Waals surface area contributed by atoms with Gasteiger partial charge in [-0.1, -0.05) is 54.2 Å². The lowest BCUT2D eigenvalue weighted by Crippen LogP contribution is -2.24. The van der Waals surface area contributed by atoms with E-state index in [0.717, 1.165) is 17.7 Å². The fraction of sp³-hybridized carbons (Fsp3) is 0.167. The van der Waals surface area contributed by atoms with Crippen LogP contribution in [-0.4, -0.2) is 21.9 Å². The van der Waals surface area contributed by atoms with Gasteiger partial charge >= 0.3 is 0 Å². The highest BCUT2D eigenvalue weighted by molar-refractivity contribution is 7.99. The van der Waals surface area contributed by atoms with E-state index in [1.165, 1.54) is 12.1 Å². The molecule has 4 aromatic rings. The van der Waals surface area contributed by atoms with Gasteiger partial charge in [0, 0.05) is 5.75 Å². The van der Waals surface area contributed by atoms with E-state index in [4.69, 9.17) is 9.72 Å². The lowest BCUT2D eigenvalue weighted by Gasteiger charge is -2.13. The highest BCUT2D eigenvalue weighted by Gasteiger charge is 2.12. The van der Waals surface area contributed by atoms with Crippen molar-refractivity contribution in [3.63, 3.8) is 0 Å². The van der Waals surface area contributed by atoms with E-state index in [-0.39, 0.29) is 11.4 Å². The van der Waals surface area contributed by atoms with Crippen molar-refractivity contribution < 1.29 is 9.13 Å². The van der Waals surface area contributed by atoms with E-state index in [1.54, 1.807) is 28.5 Å². The summed E-state index contributed by atoms with van der Waals surface area (Å²) in [7, 11) is 0. The largest absolute Gasteiger partial charge is 0.494 e. The van der Waals surface area contributed by atoms with Crippen LogP contribution in [0.25, 0.3) is 10.9 Å². The quantitative estimate of drug-likeness (QED) is 0.225. The number of hydrogen-bond acceptors (Lipinski definition) is 4. The fourth-order valence-electron chi connectivity index (χ4n) is 3.11. The third-order valence-corrected chi connectivity index (χ3v) is 5.67. The molecule has 0 aliphatic carbocycles. The first-order chi connectivity index (χ1) is 14.7.